The van der Waals surface area contributed by atoms with Crippen molar-refractivity contribution in [2.24, 2.45) is 0 Å². The van der Waals surface area contributed by atoms with Gasteiger partial charge in [-0.05, 0) is 11.5 Å². The second-order valence-electron chi connectivity index (χ2n) is 3.61. The Labute approximate surface area is 66.3 Å². The first-order chi connectivity index (χ1) is 5.02. The van der Waals surface area contributed by atoms with Gasteiger partial charge in [0.05, 0.1) is 0 Å². The highest BCUT2D eigenvalue weighted by atomic mass is 18.2. The summed E-state index contributed by atoms with van der Waals surface area (Å²) in [4.78, 5) is 3.87. The van der Waals surface area contributed by atoms with Gasteiger partial charge in [0.1, 0.15) is 5.82 Å². The maximum atomic E-state index is 13.0. The van der Waals surface area contributed by atoms with E-state index in [1.54, 1.807) is 6.20 Å². The maximum Gasteiger partial charge on any atom is 0.129 e. The van der Waals surface area contributed by atoms with Crippen molar-refractivity contribution >= 4 is 0 Å². The maximum absolute atomic E-state index is 13.0. The molecular weight excluding hydrogens is 140 g/mol. The molecule has 0 N–H and O–H groups in total. The smallest absolute Gasteiger partial charge is 0.129 e. The molecule has 0 amide bonds. The Morgan fingerprint density at radius 3 is 2.36 bits per heavy atom. The lowest BCUT2D eigenvalue weighted by Crippen LogP contribution is -2.13. The van der Waals surface area contributed by atoms with Gasteiger partial charge in [0.25, 0.3) is 0 Å². The Kier molecular flexibility index (Phi) is 1.94. The van der Waals surface area contributed by atoms with E-state index in [1.165, 1.54) is 12.3 Å². The molecule has 0 atom stereocenters. The Morgan fingerprint density at radius 2 is 2.00 bits per heavy atom. The summed E-state index contributed by atoms with van der Waals surface area (Å²) >= 11 is 0. The zero-order chi connectivity index (χ0) is 8.48. The molecule has 0 bridgehead atoms. The van der Waals surface area contributed by atoms with E-state index in [2.05, 4.69) is 4.98 Å². The fourth-order valence-electron chi connectivity index (χ4n) is 0.929. The van der Waals surface area contributed by atoms with Gasteiger partial charge < -0.3 is 0 Å². The van der Waals surface area contributed by atoms with Crippen LogP contribution in [0.4, 0.5) is 4.39 Å². The minimum Gasteiger partial charge on any atom is -0.264 e. The van der Waals surface area contributed by atoms with Crippen molar-refractivity contribution in [2.75, 3.05) is 0 Å². The first-order valence-electron chi connectivity index (χ1n) is 3.62. The Morgan fingerprint density at radius 1 is 1.36 bits per heavy atom. The summed E-state index contributed by atoms with van der Waals surface area (Å²) in [5, 5.41) is 0. The van der Waals surface area contributed by atoms with Gasteiger partial charge >= 0.3 is 0 Å². The van der Waals surface area contributed by atoms with Crippen molar-refractivity contribution in [2.45, 2.75) is 26.2 Å². The number of halogens is 1. The van der Waals surface area contributed by atoms with Crippen LogP contribution in [0.15, 0.2) is 18.5 Å². The summed E-state index contributed by atoms with van der Waals surface area (Å²) in [6, 6.07) is 1.39. The SMILES string of the molecule is CC(C)(C)c1cnccc1[18F]. The zero-order valence-corrected chi connectivity index (χ0v) is 7.06. The van der Waals surface area contributed by atoms with Crippen LogP contribution in [0.3, 0.4) is 0 Å². The van der Waals surface area contributed by atoms with Gasteiger partial charge in [-0.3, -0.25) is 4.98 Å². The molecule has 1 aromatic heterocycles. The lowest BCUT2D eigenvalue weighted by molar-refractivity contribution is 0.519. The minimum absolute atomic E-state index is 0.154. The monoisotopic (exact) mass is 152 g/mol. The molecule has 1 heterocycles. The first-order valence-corrected chi connectivity index (χ1v) is 3.62. The number of aromatic nitrogens is 1. The van der Waals surface area contributed by atoms with Gasteiger partial charge in [0.15, 0.2) is 0 Å². The van der Waals surface area contributed by atoms with Crippen LogP contribution in [-0.2, 0) is 5.41 Å². The van der Waals surface area contributed by atoms with Gasteiger partial charge in [0, 0.05) is 18.0 Å². The average Bonchev–Trinajstić information content (AvgIpc) is 1.86. The van der Waals surface area contributed by atoms with Crippen molar-refractivity contribution in [3.05, 3.63) is 29.8 Å². The van der Waals surface area contributed by atoms with Crippen LogP contribution in [0, 0.1) is 5.82 Å². The number of rotatable bonds is 0. The molecule has 0 aliphatic carbocycles. The summed E-state index contributed by atoms with van der Waals surface area (Å²) in [5.41, 5.74) is 0.512. The molecule has 0 aliphatic rings. The molecule has 1 rings (SSSR count). The van der Waals surface area contributed by atoms with E-state index in [9.17, 15) is 4.39 Å². The standard InChI is InChI=1S/C9H12FN/c1-9(2,3)7-6-11-5-4-8(7)10/h4-6H,1-3H3/i10-1. The topological polar surface area (TPSA) is 12.9 Å². The van der Waals surface area contributed by atoms with Crippen LogP contribution >= 0.6 is 0 Å². The Bertz CT molecular complexity index is 250. The van der Waals surface area contributed by atoms with E-state index in [-0.39, 0.29) is 11.2 Å². The second-order valence-corrected chi connectivity index (χ2v) is 3.61. The van der Waals surface area contributed by atoms with E-state index in [0.29, 0.717) is 5.56 Å². The third kappa shape index (κ3) is 1.76. The molecule has 60 valence electrons. The number of hydrogen-bond acceptors (Lipinski definition) is 1. The third-order valence-corrected chi connectivity index (χ3v) is 1.58. The van der Waals surface area contributed by atoms with Gasteiger partial charge in [-0.15, -0.1) is 0 Å². The van der Waals surface area contributed by atoms with E-state index >= 15 is 0 Å². The van der Waals surface area contributed by atoms with Crippen LogP contribution in [0.5, 0.6) is 0 Å². The average molecular weight is 152 g/mol. The number of nitrogens with zero attached hydrogens (tertiary/aromatic N) is 1. The highest BCUT2D eigenvalue weighted by Gasteiger charge is 2.17. The lowest BCUT2D eigenvalue weighted by Gasteiger charge is -2.18. The molecule has 0 aromatic carbocycles. The molecular formula is C9H12FN. The summed E-state index contributed by atoms with van der Waals surface area (Å²) in [6.45, 7) is 5.90. The molecule has 0 saturated carbocycles. The molecule has 0 radical (unpaired) electrons. The minimum atomic E-state index is -0.174. The fourth-order valence-corrected chi connectivity index (χ4v) is 0.929. The van der Waals surface area contributed by atoms with E-state index in [4.69, 9.17) is 0 Å². The first kappa shape index (κ1) is 8.18. The summed E-state index contributed by atoms with van der Waals surface area (Å²) in [7, 11) is 0. The van der Waals surface area contributed by atoms with E-state index in [1.807, 2.05) is 20.8 Å². The molecule has 2 heteroatoms. The molecule has 0 fully saturated rings. The Hall–Kier alpha value is -0.920. The lowest BCUT2D eigenvalue weighted by atomic mass is 9.88. The van der Waals surface area contributed by atoms with Crippen molar-refractivity contribution in [3.8, 4) is 0 Å². The molecule has 11 heavy (non-hydrogen) atoms. The molecule has 0 spiro atoms. The largest absolute Gasteiger partial charge is 0.264 e. The van der Waals surface area contributed by atoms with Gasteiger partial charge in [-0.1, -0.05) is 20.8 Å². The zero-order valence-electron chi connectivity index (χ0n) is 7.06. The van der Waals surface area contributed by atoms with Crippen LogP contribution < -0.4 is 0 Å². The molecule has 1 aromatic rings. The Balaban J connectivity index is 3.14. The molecule has 1 nitrogen and oxygen atoms in total. The summed E-state index contributed by atoms with van der Waals surface area (Å²) < 4.78 is 13.0. The van der Waals surface area contributed by atoms with E-state index < -0.39 is 0 Å². The molecule has 0 unspecified atom stereocenters. The predicted octanol–water partition coefficient (Wildman–Crippen LogP) is 2.52. The van der Waals surface area contributed by atoms with Crippen molar-refractivity contribution in [3.63, 3.8) is 0 Å². The van der Waals surface area contributed by atoms with Crippen LogP contribution in [0.2, 0.25) is 0 Å². The van der Waals surface area contributed by atoms with Crippen molar-refractivity contribution < 1.29 is 4.39 Å². The second kappa shape index (κ2) is 2.61. The van der Waals surface area contributed by atoms with Crippen LogP contribution in [0.1, 0.15) is 26.3 Å². The van der Waals surface area contributed by atoms with Gasteiger partial charge in [0.2, 0.25) is 0 Å². The predicted molar refractivity (Wildman–Crippen MR) is 42.9 cm³/mol. The summed E-state index contributed by atoms with van der Waals surface area (Å²) in [5.74, 6) is -0.174. The quantitative estimate of drug-likeness (QED) is 0.556. The van der Waals surface area contributed by atoms with Crippen LogP contribution in [-0.4, -0.2) is 4.98 Å². The van der Waals surface area contributed by atoms with Crippen molar-refractivity contribution in [1.29, 1.82) is 0 Å². The highest BCUT2D eigenvalue weighted by Crippen LogP contribution is 2.23. The van der Waals surface area contributed by atoms with Gasteiger partial charge in [-0.25, -0.2) is 4.39 Å². The van der Waals surface area contributed by atoms with E-state index in [0.717, 1.165) is 0 Å². The van der Waals surface area contributed by atoms with Gasteiger partial charge in [-0.2, -0.15) is 0 Å². The third-order valence-electron chi connectivity index (χ3n) is 1.58. The van der Waals surface area contributed by atoms with Crippen LogP contribution in [0.25, 0.3) is 0 Å². The molecule has 0 saturated heterocycles. The highest BCUT2D eigenvalue weighted by molar-refractivity contribution is 5.20. The molecule has 0 aliphatic heterocycles. The number of pyridine rings is 1. The summed E-state index contributed by atoms with van der Waals surface area (Å²) in [6.07, 6.45) is 3.04. The number of hydrogen-bond donors (Lipinski definition) is 0. The fraction of sp³-hybridized carbons (Fsp3) is 0.444. The normalized spacial score (nSPS) is 11.6. The van der Waals surface area contributed by atoms with Crippen molar-refractivity contribution in [1.82, 2.24) is 4.98 Å².